The second-order valence-electron chi connectivity index (χ2n) is 3.04. The Labute approximate surface area is 110 Å². The Morgan fingerprint density at radius 1 is 1.18 bits per heavy atom. The van der Waals surface area contributed by atoms with Crippen molar-refractivity contribution in [3.8, 4) is 0 Å². The predicted octanol–water partition coefficient (Wildman–Crippen LogP) is 4.17. The monoisotopic (exact) mass is 326 g/mol. The van der Waals surface area contributed by atoms with Crippen molar-refractivity contribution in [3.63, 3.8) is 0 Å². The van der Waals surface area contributed by atoms with Crippen molar-refractivity contribution >= 4 is 42.9 Å². The molecule has 9 heteroatoms. The zero-order valence-electron chi connectivity index (χ0n) is 7.80. The van der Waals surface area contributed by atoms with Gasteiger partial charge >= 0.3 is 6.18 Å². The van der Waals surface area contributed by atoms with Gasteiger partial charge < -0.3 is 0 Å². The van der Waals surface area contributed by atoms with E-state index in [0.717, 1.165) is 12.1 Å². The van der Waals surface area contributed by atoms with E-state index < -0.39 is 31.1 Å². The molecular formula is C8H4Cl3F3O2S. The number of rotatable bonds is 2. The average molecular weight is 328 g/mol. The van der Waals surface area contributed by atoms with E-state index in [0.29, 0.717) is 0 Å². The van der Waals surface area contributed by atoms with E-state index >= 15 is 0 Å². The third-order valence-electron chi connectivity index (χ3n) is 1.84. The standard InChI is InChI=1S/C8H4Cl3F3O2S/c9-5-3-1-2-4(6(5)10)7(8(12,13)14)17(11,15)16/h1-3,7H. The first kappa shape index (κ1) is 14.9. The molecule has 2 nitrogen and oxygen atoms in total. The van der Waals surface area contributed by atoms with Crippen LogP contribution in [0.5, 0.6) is 0 Å². The van der Waals surface area contributed by atoms with Crippen LogP contribution in [0, 0.1) is 0 Å². The number of hydrogen-bond acceptors (Lipinski definition) is 2. The van der Waals surface area contributed by atoms with Crippen LogP contribution >= 0.6 is 33.9 Å². The fourth-order valence-corrected chi connectivity index (χ4v) is 3.10. The van der Waals surface area contributed by atoms with Crippen molar-refractivity contribution in [2.24, 2.45) is 0 Å². The van der Waals surface area contributed by atoms with Crippen molar-refractivity contribution in [3.05, 3.63) is 33.8 Å². The lowest BCUT2D eigenvalue weighted by Gasteiger charge is -2.18. The van der Waals surface area contributed by atoms with Gasteiger partial charge in [0.2, 0.25) is 9.05 Å². The number of halogens is 6. The van der Waals surface area contributed by atoms with Crippen molar-refractivity contribution in [1.82, 2.24) is 0 Å². The first-order chi connectivity index (χ1) is 7.55. The van der Waals surface area contributed by atoms with Gasteiger partial charge in [-0.3, -0.25) is 0 Å². The molecule has 1 atom stereocenters. The van der Waals surface area contributed by atoms with Crippen LogP contribution < -0.4 is 0 Å². The Morgan fingerprint density at radius 2 is 1.71 bits per heavy atom. The summed E-state index contributed by atoms with van der Waals surface area (Å²) < 4.78 is 59.9. The van der Waals surface area contributed by atoms with Crippen molar-refractivity contribution in [1.29, 1.82) is 0 Å². The summed E-state index contributed by atoms with van der Waals surface area (Å²) in [4.78, 5) is 0. The molecule has 0 radical (unpaired) electrons. The Kier molecular flexibility index (Phi) is 4.24. The maximum atomic E-state index is 12.6. The largest absolute Gasteiger partial charge is 0.410 e. The van der Waals surface area contributed by atoms with Gasteiger partial charge in [-0.15, -0.1) is 0 Å². The van der Waals surface area contributed by atoms with Gasteiger partial charge in [-0.25, -0.2) is 8.42 Å². The van der Waals surface area contributed by atoms with E-state index in [-0.39, 0.29) is 5.02 Å². The van der Waals surface area contributed by atoms with Gasteiger partial charge in [-0.05, 0) is 6.07 Å². The van der Waals surface area contributed by atoms with Gasteiger partial charge in [0.15, 0.2) is 5.25 Å². The minimum Gasteiger partial charge on any atom is -0.211 e. The Bertz CT molecular complexity index is 527. The summed E-state index contributed by atoms with van der Waals surface area (Å²) in [5.74, 6) is 0. The van der Waals surface area contributed by atoms with Crippen LogP contribution in [0.1, 0.15) is 10.8 Å². The number of benzene rings is 1. The van der Waals surface area contributed by atoms with E-state index in [1.807, 2.05) is 0 Å². The molecule has 0 fully saturated rings. The molecule has 0 aliphatic carbocycles. The highest BCUT2D eigenvalue weighted by atomic mass is 35.7. The molecule has 1 rings (SSSR count). The third kappa shape index (κ3) is 3.40. The van der Waals surface area contributed by atoms with Crippen LogP contribution in [0.3, 0.4) is 0 Å². The Morgan fingerprint density at radius 3 is 2.12 bits per heavy atom. The molecule has 0 spiro atoms. The van der Waals surface area contributed by atoms with Gasteiger partial charge in [0.05, 0.1) is 10.0 Å². The molecule has 0 heterocycles. The summed E-state index contributed by atoms with van der Waals surface area (Å²) in [7, 11) is -0.118. The molecule has 0 N–H and O–H groups in total. The van der Waals surface area contributed by atoms with Crippen LogP contribution in [-0.2, 0) is 9.05 Å². The van der Waals surface area contributed by atoms with Crippen LogP contribution in [0.25, 0.3) is 0 Å². The summed E-state index contributed by atoms with van der Waals surface area (Å²) in [6.45, 7) is 0. The van der Waals surface area contributed by atoms with Crippen molar-refractivity contribution in [2.75, 3.05) is 0 Å². The molecular weight excluding hydrogens is 324 g/mol. The molecule has 17 heavy (non-hydrogen) atoms. The van der Waals surface area contributed by atoms with E-state index in [2.05, 4.69) is 0 Å². The van der Waals surface area contributed by atoms with Crippen molar-refractivity contribution in [2.45, 2.75) is 11.4 Å². The highest BCUT2D eigenvalue weighted by Crippen LogP contribution is 2.44. The molecule has 1 aromatic carbocycles. The van der Waals surface area contributed by atoms with Gasteiger partial charge in [-0.1, -0.05) is 35.3 Å². The van der Waals surface area contributed by atoms with Gasteiger partial charge in [0.1, 0.15) is 0 Å². The molecule has 0 bridgehead atoms. The van der Waals surface area contributed by atoms with E-state index in [1.54, 1.807) is 0 Å². The fraction of sp³-hybridized carbons (Fsp3) is 0.250. The Balaban J connectivity index is 3.50. The van der Waals surface area contributed by atoms with Crippen LogP contribution in [0.15, 0.2) is 18.2 Å². The van der Waals surface area contributed by atoms with Gasteiger partial charge in [0.25, 0.3) is 0 Å². The van der Waals surface area contributed by atoms with Crippen molar-refractivity contribution < 1.29 is 21.6 Å². The molecule has 0 saturated carbocycles. The second-order valence-corrected chi connectivity index (χ2v) is 6.54. The highest BCUT2D eigenvalue weighted by Gasteiger charge is 2.50. The normalized spacial score (nSPS) is 14.7. The molecule has 1 aromatic rings. The first-order valence-electron chi connectivity index (χ1n) is 3.99. The quantitative estimate of drug-likeness (QED) is 0.764. The lowest BCUT2D eigenvalue weighted by molar-refractivity contribution is -0.131. The fourth-order valence-electron chi connectivity index (χ4n) is 1.21. The second kappa shape index (κ2) is 4.84. The number of alkyl halides is 3. The molecule has 0 aromatic heterocycles. The van der Waals surface area contributed by atoms with E-state index in [9.17, 15) is 21.6 Å². The maximum absolute atomic E-state index is 12.6. The summed E-state index contributed by atoms with van der Waals surface area (Å²) in [6.07, 6.45) is -5.07. The highest BCUT2D eigenvalue weighted by molar-refractivity contribution is 8.14. The smallest absolute Gasteiger partial charge is 0.211 e. The SMILES string of the molecule is O=S(=O)(Cl)C(c1cccc(Cl)c1Cl)C(F)(F)F. The van der Waals surface area contributed by atoms with E-state index in [1.165, 1.54) is 6.07 Å². The molecule has 0 saturated heterocycles. The number of hydrogen-bond donors (Lipinski definition) is 0. The average Bonchev–Trinajstić information content (AvgIpc) is 2.08. The first-order valence-corrected chi connectivity index (χ1v) is 7.12. The molecule has 96 valence electrons. The van der Waals surface area contributed by atoms with Crippen LogP contribution in [0.2, 0.25) is 10.0 Å². The maximum Gasteiger partial charge on any atom is 0.410 e. The molecule has 1 unspecified atom stereocenters. The summed E-state index contributed by atoms with van der Waals surface area (Å²) >= 11 is 11.1. The molecule has 0 aliphatic rings. The summed E-state index contributed by atoms with van der Waals surface area (Å²) in [5, 5.41) is -3.57. The lowest BCUT2D eigenvalue weighted by Crippen LogP contribution is -2.26. The molecule has 0 aliphatic heterocycles. The third-order valence-corrected chi connectivity index (χ3v) is 4.30. The zero-order valence-corrected chi connectivity index (χ0v) is 10.9. The summed E-state index contributed by atoms with van der Waals surface area (Å²) in [6, 6.07) is 3.30. The zero-order chi connectivity index (χ0) is 13.4. The van der Waals surface area contributed by atoms with Crippen LogP contribution in [-0.4, -0.2) is 14.6 Å². The topological polar surface area (TPSA) is 34.1 Å². The lowest BCUT2D eigenvalue weighted by atomic mass is 10.1. The van der Waals surface area contributed by atoms with Gasteiger partial charge in [-0.2, -0.15) is 13.2 Å². The minimum atomic E-state index is -5.07. The van der Waals surface area contributed by atoms with Gasteiger partial charge in [0, 0.05) is 16.2 Å². The minimum absolute atomic E-state index is 0.182. The predicted molar refractivity (Wildman–Crippen MR) is 60.0 cm³/mol. The van der Waals surface area contributed by atoms with Crippen LogP contribution in [0.4, 0.5) is 13.2 Å². The van der Waals surface area contributed by atoms with E-state index in [4.69, 9.17) is 33.9 Å². The Hall–Kier alpha value is -0.170. The molecule has 0 amide bonds. The summed E-state index contributed by atoms with van der Waals surface area (Å²) in [5.41, 5.74) is -0.693.